The van der Waals surface area contributed by atoms with Gasteiger partial charge in [-0.2, -0.15) is 0 Å². The van der Waals surface area contributed by atoms with E-state index in [1.165, 1.54) is 16.9 Å². The summed E-state index contributed by atoms with van der Waals surface area (Å²) in [7, 11) is 0. The minimum Gasteiger partial charge on any atom is -0.338 e. The fourth-order valence-electron chi connectivity index (χ4n) is 2.28. The van der Waals surface area contributed by atoms with Gasteiger partial charge in [-0.25, -0.2) is 0 Å². The quantitative estimate of drug-likeness (QED) is 0.700. The van der Waals surface area contributed by atoms with E-state index in [0.717, 1.165) is 6.42 Å². The van der Waals surface area contributed by atoms with E-state index in [9.17, 15) is 0 Å². The molecule has 1 atom stereocenters. The fraction of sp³-hybridized carbons (Fsp3) is 0.222. The number of anilines is 2. The van der Waals surface area contributed by atoms with Gasteiger partial charge in [-0.15, -0.1) is 0 Å². The first-order chi connectivity index (χ1) is 9.27. The third kappa shape index (κ3) is 2.87. The number of hydrogen-bond donors (Lipinski definition) is 0. The maximum Gasteiger partial charge on any atom is 0.0486 e. The van der Waals surface area contributed by atoms with Crippen LogP contribution in [0.4, 0.5) is 11.4 Å². The summed E-state index contributed by atoms with van der Waals surface area (Å²) in [4.78, 5) is 2.39. The predicted molar refractivity (Wildman–Crippen MR) is 84.9 cm³/mol. The lowest BCUT2D eigenvalue weighted by molar-refractivity contribution is 0.688. The van der Waals surface area contributed by atoms with E-state index in [0.29, 0.717) is 6.04 Å². The smallest absolute Gasteiger partial charge is 0.0486 e. The molecule has 0 saturated carbocycles. The second-order valence-corrected chi connectivity index (χ2v) is 4.73. The molecule has 1 nitrogen and oxygen atoms in total. The number of benzene rings is 2. The Bertz CT molecular complexity index is 530. The molecule has 2 aromatic carbocycles. The van der Waals surface area contributed by atoms with Gasteiger partial charge in [0.05, 0.1) is 0 Å². The first kappa shape index (κ1) is 13.4. The van der Waals surface area contributed by atoms with Gasteiger partial charge in [0.2, 0.25) is 0 Å². The van der Waals surface area contributed by atoms with Crippen molar-refractivity contribution >= 4 is 17.5 Å². The number of nitrogens with zero attached hydrogens (tertiary/aromatic N) is 1. The summed E-state index contributed by atoms with van der Waals surface area (Å²) >= 11 is 0. The van der Waals surface area contributed by atoms with Crippen molar-refractivity contribution in [3.8, 4) is 0 Å². The Balaban J connectivity index is 2.52. The Hall–Kier alpha value is -2.02. The van der Waals surface area contributed by atoms with Crippen LogP contribution in [0.3, 0.4) is 0 Å². The molecular formula is C18H21N. The van der Waals surface area contributed by atoms with Crippen LogP contribution in [0.2, 0.25) is 0 Å². The van der Waals surface area contributed by atoms with E-state index in [-0.39, 0.29) is 0 Å². The van der Waals surface area contributed by atoms with Gasteiger partial charge in [0.25, 0.3) is 0 Å². The van der Waals surface area contributed by atoms with Crippen LogP contribution >= 0.6 is 0 Å². The molecule has 0 spiro atoms. The van der Waals surface area contributed by atoms with Gasteiger partial charge >= 0.3 is 0 Å². The molecule has 0 saturated heterocycles. The molecule has 0 bridgehead atoms. The largest absolute Gasteiger partial charge is 0.338 e. The van der Waals surface area contributed by atoms with Crippen LogP contribution in [0.1, 0.15) is 25.8 Å². The Morgan fingerprint density at radius 2 is 1.68 bits per heavy atom. The Kier molecular flexibility index (Phi) is 4.40. The fourth-order valence-corrected chi connectivity index (χ4v) is 2.28. The molecule has 98 valence electrons. The third-order valence-electron chi connectivity index (χ3n) is 3.48. The highest BCUT2D eigenvalue weighted by atomic mass is 15.2. The van der Waals surface area contributed by atoms with Crippen LogP contribution in [-0.2, 0) is 0 Å². The zero-order valence-electron chi connectivity index (χ0n) is 11.7. The predicted octanol–water partition coefficient (Wildman–Crippen LogP) is 5.27. The summed E-state index contributed by atoms with van der Waals surface area (Å²) in [5.74, 6) is 0. The van der Waals surface area contributed by atoms with Crippen molar-refractivity contribution in [1.82, 2.24) is 0 Å². The number of rotatable bonds is 5. The molecule has 0 aliphatic carbocycles. The lowest BCUT2D eigenvalue weighted by Gasteiger charge is -2.32. The van der Waals surface area contributed by atoms with Crippen LogP contribution in [-0.4, -0.2) is 6.04 Å². The molecular weight excluding hydrogens is 230 g/mol. The van der Waals surface area contributed by atoms with Crippen molar-refractivity contribution in [2.24, 2.45) is 0 Å². The zero-order chi connectivity index (χ0) is 13.7. The molecule has 0 aliphatic rings. The van der Waals surface area contributed by atoms with Crippen molar-refractivity contribution in [1.29, 1.82) is 0 Å². The summed E-state index contributed by atoms with van der Waals surface area (Å²) in [5, 5.41) is 0. The van der Waals surface area contributed by atoms with E-state index in [4.69, 9.17) is 0 Å². The van der Waals surface area contributed by atoms with Crippen molar-refractivity contribution in [2.75, 3.05) is 4.90 Å². The molecule has 2 aromatic rings. The molecule has 1 heteroatoms. The normalized spacial score (nSPS) is 11.9. The SMILES string of the molecule is C=Cc1ccccc1N(c1ccccc1)C(C)CC. The minimum absolute atomic E-state index is 0.448. The highest BCUT2D eigenvalue weighted by Gasteiger charge is 2.16. The highest BCUT2D eigenvalue weighted by molar-refractivity contribution is 5.74. The molecule has 0 fully saturated rings. The molecule has 0 amide bonds. The number of hydrogen-bond acceptors (Lipinski definition) is 1. The average molecular weight is 251 g/mol. The van der Waals surface area contributed by atoms with Crippen molar-refractivity contribution in [3.05, 3.63) is 66.7 Å². The lowest BCUT2D eigenvalue weighted by atomic mass is 10.1. The second-order valence-electron chi connectivity index (χ2n) is 4.73. The monoisotopic (exact) mass is 251 g/mol. The Labute approximate surface area is 116 Å². The molecule has 0 heterocycles. The van der Waals surface area contributed by atoms with Crippen LogP contribution in [0.5, 0.6) is 0 Å². The van der Waals surface area contributed by atoms with Crippen molar-refractivity contribution in [2.45, 2.75) is 26.3 Å². The maximum absolute atomic E-state index is 3.93. The van der Waals surface area contributed by atoms with Gasteiger partial charge in [-0.1, -0.05) is 56.0 Å². The summed E-state index contributed by atoms with van der Waals surface area (Å²) in [6.45, 7) is 8.40. The summed E-state index contributed by atoms with van der Waals surface area (Å²) in [6, 6.07) is 19.4. The average Bonchev–Trinajstić information content (AvgIpc) is 2.49. The van der Waals surface area contributed by atoms with Gasteiger partial charge in [-0.3, -0.25) is 0 Å². The molecule has 0 radical (unpaired) electrons. The standard InChI is InChI=1S/C18H21N/c1-4-15(3)19(17-12-7-6-8-13-17)18-14-10-9-11-16(18)5-2/h5-15H,2,4H2,1,3H3. The number of para-hydroxylation sites is 2. The topological polar surface area (TPSA) is 3.24 Å². The van der Waals surface area contributed by atoms with Crippen LogP contribution in [0.15, 0.2) is 61.2 Å². The summed E-state index contributed by atoms with van der Waals surface area (Å²) in [6.07, 6.45) is 3.02. The van der Waals surface area contributed by atoms with E-state index in [2.05, 4.69) is 79.9 Å². The molecule has 2 rings (SSSR count). The summed E-state index contributed by atoms with van der Waals surface area (Å²) in [5.41, 5.74) is 3.62. The Morgan fingerprint density at radius 1 is 1.05 bits per heavy atom. The Morgan fingerprint density at radius 3 is 2.32 bits per heavy atom. The third-order valence-corrected chi connectivity index (χ3v) is 3.48. The highest BCUT2D eigenvalue weighted by Crippen LogP contribution is 2.32. The maximum atomic E-state index is 3.93. The van der Waals surface area contributed by atoms with E-state index < -0.39 is 0 Å². The van der Waals surface area contributed by atoms with Gasteiger partial charge in [0, 0.05) is 17.4 Å². The van der Waals surface area contributed by atoms with Gasteiger partial charge in [0.1, 0.15) is 0 Å². The van der Waals surface area contributed by atoms with Crippen LogP contribution < -0.4 is 4.90 Å². The second kappa shape index (κ2) is 6.24. The van der Waals surface area contributed by atoms with E-state index >= 15 is 0 Å². The zero-order valence-corrected chi connectivity index (χ0v) is 11.7. The van der Waals surface area contributed by atoms with Crippen molar-refractivity contribution in [3.63, 3.8) is 0 Å². The first-order valence-electron chi connectivity index (χ1n) is 6.83. The van der Waals surface area contributed by atoms with Gasteiger partial charge in [-0.05, 0) is 37.1 Å². The minimum atomic E-state index is 0.448. The van der Waals surface area contributed by atoms with Crippen LogP contribution in [0.25, 0.3) is 6.08 Å². The molecule has 1 unspecified atom stereocenters. The summed E-state index contributed by atoms with van der Waals surface area (Å²) < 4.78 is 0. The van der Waals surface area contributed by atoms with Gasteiger partial charge in [0.15, 0.2) is 0 Å². The molecule has 0 N–H and O–H groups in total. The van der Waals surface area contributed by atoms with E-state index in [1.54, 1.807) is 0 Å². The molecule has 0 aromatic heterocycles. The van der Waals surface area contributed by atoms with Gasteiger partial charge < -0.3 is 4.90 Å². The first-order valence-corrected chi connectivity index (χ1v) is 6.83. The van der Waals surface area contributed by atoms with Crippen LogP contribution in [0, 0.1) is 0 Å². The molecule has 0 aliphatic heterocycles. The molecule has 19 heavy (non-hydrogen) atoms. The van der Waals surface area contributed by atoms with E-state index in [1.807, 2.05) is 6.08 Å². The lowest BCUT2D eigenvalue weighted by Crippen LogP contribution is -2.28. The van der Waals surface area contributed by atoms with Crippen molar-refractivity contribution < 1.29 is 0 Å².